The van der Waals surface area contributed by atoms with Crippen molar-refractivity contribution in [1.82, 2.24) is 0 Å². The summed E-state index contributed by atoms with van der Waals surface area (Å²) >= 11 is 0. The molecule has 19 heavy (non-hydrogen) atoms. The van der Waals surface area contributed by atoms with E-state index in [1.165, 1.54) is 44.1 Å². The molecule has 0 radical (unpaired) electrons. The molecule has 0 amide bonds. The molecule has 0 aliphatic carbocycles. The molecule has 0 aromatic rings. The number of hydrogen-bond donors (Lipinski definition) is 0. The highest BCUT2D eigenvalue weighted by Gasteiger charge is 1.94. The average Bonchev–Trinajstić information content (AvgIpc) is 2.42. The van der Waals surface area contributed by atoms with E-state index in [9.17, 15) is 0 Å². The lowest BCUT2D eigenvalue weighted by Gasteiger charge is -2.03. The summed E-state index contributed by atoms with van der Waals surface area (Å²) in [4.78, 5) is 0. The molecule has 0 nitrogen and oxygen atoms in total. The summed E-state index contributed by atoms with van der Waals surface area (Å²) in [5.41, 5.74) is 1.52. The maximum atomic E-state index is 3.75. The van der Waals surface area contributed by atoms with Crippen molar-refractivity contribution in [2.45, 2.75) is 79.6 Å². The van der Waals surface area contributed by atoms with E-state index in [4.69, 9.17) is 0 Å². The summed E-state index contributed by atoms with van der Waals surface area (Å²) in [6.45, 7) is 14.4. The van der Waals surface area contributed by atoms with Crippen molar-refractivity contribution in [2.75, 3.05) is 0 Å². The van der Waals surface area contributed by atoms with Crippen LogP contribution in [0.1, 0.15) is 79.6 Å². The first-order valence-corrected chi connectivity index (χ1v) is 8.18. The fourth-order valence-electron chi connectivity index (χ4n) is 1.80. The number of unbranched alkanes of at least 4 members (excludes halogenated alkanes) is 4. The first-order chi connectivity index (χ1) is 9.20. The van der Waals surface area contributed by atoms with Crippen molar-refractivity contribution in [3.05, 3.63) is 36.5 Å². The Morgan fingerprint density at radius 2 is 1.68 bits per heavy atom. The molecule has 112 valence electrons. The van der Waals surface area contributed by atoms with Crippen LogP contribution in [0.5, 0.6) is 0 Å². The molecule has 0 aromatic heterocycles. The van der Waals surface area contributed by atoms with Crippen LogP contribution in [0.15, 0.2) is 36.5 Å². The highest BCUT2D eigenvalue weighted by Crippen LogP contribution is 2.14. The van der Waals surface area contributed by atoms with Gasteiger partial charge in [-0.05, 0) is 38.0 Å². The topological polar surface area (TPSA) is 0 Å². The Balaban J connectivity index is 0. The Hall–Kier alpha value is -0.780. The standard InChI is InChI=1S/C17H30.C2H6/c1-5-7-8-9-10-11-13-17(12-6-2)15-14-16(3)4;1-2/h5,12,14-16H,1,6-11,13H2,2-4H3;1-2H3/b15-14-,17-12-;. The summed E-state index contributed by atoms with van der Waals surface area (Å²) in [6, 6.07) is 0. The van der Waals surface area contributed by atoms with Gasteiger partial charge < -0.3 is 0 Å². The molecule has 0 N–H and O–H groups in total. The summed E-state index contributed by atoms with van der Waals surface area (Å²) in [7, 11) is 0. The van der Waals surface area contributed by atoms with Gasteiger partial charge in [-0.2, -0.15) is 0 Å². The summed E-state index contributed by atoms with van der Waals surface area (Å²) in [5, 5.41) is 0. The molecule has 0 bridgehead atoms. The van der Waals surface area contributed by atoms with Crippen LogP contribution in [-0.4, -0.2) is 0 Å². The maximum absolute atomic E-state index is 3.75. The van der Waals surface area contributed by atoms with E-state index in [-0.39, 0.29) is 0 Å². The molecule has 0 aliphatic heterocycles. The fourth-order valence-corrected chi connectivity index (χ4v) is 1.80. The van der Waals surface area contributed by atoms with E-state index in [2.05, 4.69) is 45.6 Å². The Morgan fingerprint density at radius 1 is 1.05 bits per heavy atom. The lowest BCUT2D eigenvalue weighted by atomic mass is 10.0. The quantitative estimate of drug-likeness (QED) is 0.224. The smallest absolute Gasteiger partial charge is 0.0282 e. The van der Waals surface area contributed by atoms with E-state index in [0.29, 0.717) is 5.92 Å². The van der Waals surface area contributed by atoms with Gasteiger partial charge >= 0.3 is 0 Å². The van der Waals surface area contributed by atoms with Crippen molar-refractivity contribution < 1.29 is 0 Å². The zero-order valence-electron chi connectivity index (χ0n) is 14.0. The van der Waals surface area contributed by atoms with Gasteiger partial charge in [0.2, 0.25) is 0 Å². The third-order valence-electron chi connectivity index (χ3n) is 2.79. The number of rotatable bonds is 10. The zero-order chi connectivity index (χ0) is 14.9. The number of hydrogen-bond acceptors (Lipinski definition) is 0. The molecule has 0 heterocycles. The SMILES string of the molecule is C=CCCCCCCC(/C=C\C(C)C)=C/CC.CC. The molecule has 0 rings (SSSR count). The van der Waals surface area contributed by atoms with E-state index in [0.717, 1.165) is 6.42 Å². The largest absolute Gasteiger partial charge is 0.103 e. The molecule has 0 aliphatic rings. The normalized spacial score (nSPS) is 11.6. The summed E-state index contributed by atoms with van der Waals surface area (Å²) < 4.78 is 0. The monoisotopic (exact) mass is 264 g/mol. The van der Waals surface area contributed by atoms with Crippen LogP contribution in [0, 0.1) is 5.92 Å². The van der Waals surface area contributed by atoms with Crippen molar-refractivity contribution >= 4 is 0 Å². The highest BCUT2D eigenvalue weighted by atomic mass is 14.0. The van der Waals surface area contributed by atoms with Gasteiger partial charge in [0.05, 0.1) is 0 Å². The van der Waals surface area contributed by atoms with E-state index in [1.807, 2.05) is 19.9 Å². The van der Waals surface area contributed by atoms with Crippen LogP contribution in [0.2, 0.25) is 0 Å². The van der Waals surface area contributed by atoms with Gasteiger partial charge in [0, 0.05) is 0 Å². The van der Waals surface area contributed by atoms with Crippen molar-refractivity contribution in [1.29, 1.82) is 0 Å². The van der Waals surface area contributed by atoms with Crippen molar-refractivity contribution in [3.63, 3.8) is 0 Å². The van der Waals surface area contributed by atoms with E-state index >= 15 is 0 Å². The molecule has 0 saturated carbocycles. The van der Waals surface area contributed by atoms with Gasteiger partial charge in [-0.25, -0.2) is 0 Å². The van der Waals surface area contributed by atoms with Gasteiger partial charge in [0.15, 0.2) is 0 Å². The minimum absolute atomic E-state index is 0.655. The second-order valence-corrected chi connectivity index (χ2v) is 5.03. The Labute approximate surface area is 122 Å². The molecule has 0 spiro atoms. The van der Waals surface area contributed by atoms with Gasteiger partial charge in [-0.1, -0.05) is 77.3 Å². The number of allylic oxidation sites excluding steroid dienone is 5. The third-order valence-corrected chi connectivity index (χ3v) is 2.79. The second-order valence-electron chi connectivity index (χ2n) is 5.03. The minimum Gasteiger partial charge on any atom is -0.103 e. The molecular weight excluding hydrogens is 228 g/mol. The van der Waals surface area contributed by atoms with Crippen molar-refractivity contribution in [2.24, 2.45) is 5.92 Å². The first kappa shape index (κ1) is 20.5. The second kappa shape index (κ2) is 17.2. The predicted octanol–water partition coefficient (Wildman–Crippen LogP) is 7.09. The van der Waals surface area contributed by atoms with Crippen LogP contribution in [0.3, 0.4) is 0 Å². The van der Waals surface area contributed by atoms with Gasteiger partial charge in [0.1, 0.15) is 0 Å². The van der Waals surface area contributed by atoms with Gasteiger partial charge in [-0.15, -0.1) is 6.58 Å². The van der Waals surface area contributed by atoms with Crippen LogP contribution in [0.4, 0.5) is 0 Å². The zero-order valence-corrected chi connectivity index (χ0v) is 14.0. The van der Waals surface area contributed by atoms with E-state index in [1.54, 1.807) is 0 Å². The van der Waals surface area contributed by atoms with Crippen LogP contribution in [0.25, 0.3) is 0 Å². The van der Waals surface area contributed by atoms with E-state index < -0.39 is 0 Å². The summed E-state index contributed by atoms with van der Waals surface area (Å²) in [6.07, 6.45) is 17.9. The Bertz CT molecular complexity index is 230. The molecule has 0 unspecified atom stereocenters. The molecule has 0 atom stereocenters. The van der Waals surface area contributed by atoms with Gasteiger partial charge in [-0.3, -0.25) is 0 Å². The predicted molar refractivity (Wildman–Crippen MR) is 91.6 cm³/mol. The Kier molecular flexibility index (Phi) is 18.6. The van der Waals surface area contributed by atoms with Crippen LogP contribution in [-0.2, 0) is 0 Å². The summed E-state index contributed by atoms with van der Waals surface area (Å²) in [5.74, 6) is 0.655. The fraction of sp³-hybridized carbons (Fsp3) is 0.684. The highest BCUT2D eigenvalue weighted by molar-refractivity contribution is 5.18. The average molecular weight is 264 g/mol. The minimum atomic E-state index is 0.655. The lowest BCUT2D eigenvalue weighted by Crippen LogP contribution is -1.85. The molecule has 0 fully saturated rings. The van der Waals surface area contributed by atoms with Gasteiger partial charge in [0.25, 0.3) is 0 Å². The molecule has 0 saturated heterocycles. The van der Waals surface area contributed by atoms with Crippen LogP contribution >= 0.6 is 0 Å². The lowest BCUT2D eigenvalue weighted by molar-refractivity contribution is 0.646. The molecule has 0 aromatic carbocycles. The first-order valence-electron chi connectivity index (χ1n) is 8.18. The van der Waals surface area contributed by atoms with Crippen molar-refractivity contribution in [3.8, 4) is 0 Å². The molecular formula is C19H36. The van der Waals surface area contributed by atoms with Crippen LogP contribution < -0.4 is 0 Å². The third kappa shape index (κ3) is 17.2. The molecule has 0 heteroatoms. The Morgan fingerprint density at radius 3 is 2.21 bits per heavy atom. The maximum Gasteiger partial charge on any atom is -0.0282 e.